The Morgan fingerprint density at radius 3 is 2.64 bits per heavy atom. The highest BCUT2D eigenvalue weighted by Crippen LogP contribution is 2.26. The van der Waals surface area contributed by atoms with Crippen LogP contribution in [0, 0.1) is 5.82 Å². The van der Waals surface area contributed by atoms with Crippen LogP contribution in [0.15, 0.2) is 16.6 Å². The van der Waals surface area contributed by atoms with E-state index in [0.717, 1.165) is 0 Å². The molecule has 0 N–H and O–H groups in total. The molecule has 2 nitrogen and oxygen atoms in total. The second-order valence-corrected chi connectivity index (χ2v) is 4.01. The van der Waals surface area contributed by atoms with Gasteiger partial charge in [-0.3, -0.25) is 4.79 Å². The molecule has 0 saturated heterocycles. The number of benzene rings is 1. The Hall–Kier alpha value is -0.900. The summed E-state index contributed by atoms with van der Waals surface area (Å²) in [5.41, 5.74) is -0.00461. The van der Waals surface area contributed by atoms with Crippen molar-refractivity contribution in [2.45, 2.75) is 20.0 Å². The monoisotopic (exact) mass is 260 g/mol. The molecule has 0 bridgehead atoms. The molecule has 4 heteroatoms. The summed E-state index contributed by atoms with van der Waals surface area (Å²) in [6.45, 7) is 3.59. The lowest BCUT2D eigenvalue weighted by atomic mass is 10.2. The summed E-state index contributed by atoms with van der Waals surface area (Å²) >= 11 is 3.17. The van der Waals surface area contributed by atoms with Gasteiger partial charge in [-0.2, -0.15) is 0 Å². The van der Waals surface area contributed by atoms with Crippen LogP contribution in [0.4, 0.5) is 4.39 Å². The van der Waals surface area contributed by atoms with Crippen LogP contribution in [0.25, 0.3) is 0 Å². The number of carbonyl (C=O) groups is 1. The molecule has 0 amide bonds. The topological polar surface area (TPSA) is 26.3 Å². The predicted octanol–water partition coefficient (Wildman–Crippen LogP) is 3.19. The van der Waals surface area contributed by atoms with E-state index in [0.29, 0.717) is 10.8 Å². The van der Waals surface area contributed by atoms with E-state index in [1.807, 2.05) is 0 Å². The highest BCUT2D eigenvalue weighted by molar-refractivity contribution is 9.10. The van der Waals surface area contributed by atoms with Gasteiger partial charge >= 0.3 is 0 Å². The third-order valence-corrected chi connectivity index (χ3v) is 1.98. The minimum absolute atomic E-state index is 0.00461. The van der Waals surface area contributed by atoms with E-state index < -0.39 is 5.82 Å². The molecule has 1 rings (SSSR count). The quantitative estimate of drug-likeness (QED) is 0.781. The summed E-state index contributed by atoms with van der Waals surface area (Å²) < 4.78 is 19.3. The maximum atomic E-state index is 13.4. The fourth-order valence-corrected chi connectivity index (χ4v) is 1.46. The molecular weight excluding hydrogens is 251 g/mol. The second-order valence-electron chi connectivity index (χ2n) is 3.09. The maximum Gasteiger partial charge on any atom is 0.175 e. The zero-order valence-electron chi connectivity index (χ0n) is 7.88. The van der Waals surface area contributed by atoms with Crippen LogP contribution in [-0.4, -0.2) is 12.4 Å². The molecule has 76 valence electrons. The molecule has 1 aromatic rings. The molecule has 0 aromatic heterocycles. The molecule has 0 spiro atoms. The van der Waals surface area contributed by atoms with Gasteiger partial charge in [0.2, 0.25) is 0 Å². The minimum Gasteiger partial charge on any atom is -0.488 e. The average Bonchev–Trinajstić information content (AvgIpc) is 2.09. The molecule has 0 atom stereocenters. The third-order valence-electron chi connectivity index (χ3n) is 1.52. The lowest BCUT2D eigenvalue weighted by molar-refractivity contribution is 0.111. The first-order valence-corrected chi connectivity index (χ1v) is 4.94. The maximum absolute atomic E-state index is 13.4. The number of hydrogen-bond donors (Lipinski definition) is 0. The predicted molar refractivity (Wildman–Crippen MR) is 55.3 cm³/mol. The molecule has 0 heterocycles. The van der Waals surface area contributed by atoms with Crippen LogP contribution in [-0.2, 0) is 0 Å². The summed E-state index contributed by atoms with van der Waals surface area (Å²) in [6.07, 6.45) is 0.339. The summed E-state index contributed by atoms with van der Waals surface area (Å²) in [6, 6.07) is 2.91. The van der Waals surface area contributed by atoms with Gasteiger partial charge in [0.25, 0.3) is 0 Å². The largest absolute Gasteiger partial charge is 0.488 e. The fourth-order valence-electron chi connectivity index (χ4n) is 1.01. The summed E-state index contributed by atoms with van der Waals surface area (Å²) in [5.74, 6) is -0.520. The number of carbonyl (C=O) groups excluding carboxylic acids is 1. The van der Waals surface area contributed by atoms with Crippen molar-refractivity contribution in [3.05, 3.63) is 28.0 Å². The van der Waals surface area contributed by atoms with Crippen molar-refractivity contribution >= 4 is 22.2 Å². The van der Waals surface area contributed by atoms with Crippen molar-refractivity contribution in [2.24, 2.45) is 0 Å². The SMILES string of the molecule is CC(C)Oc1cc(Br)cc(C=O)c1F. The van der Waals surface area contributed by atoms with Crippen molar-refractivity contribution in [1.29, 1.82) is 0 Å². The second kappa shape index (κ2) is 4.55. The Balaban J connectivity index is 3.15. The molecule has 0 fully saturated rings. The van der Waals surface area contributed by atoms with E-state index in [4.69, 9.17) is 4.74 Å². The Bertz CT molecular complexity index is 350. The van der Waals surface area contributed by atoms with Gasteiger partial charge in [-0.25, -0.2) is 4.39 Å². The van der Waals surface area contributed by atoms with Gasteiger partial charge in [0, 0.05) is 4.47 Å². The van der Waals surface area contributed by atoms with Gasteiger partial charge in [-0.1, -0.05) is 15.9 Å². The lowest BCUT2D eigenvalue weighted by Gasteiger charge is -2.11. The van der Waals surface area contributed by atoms with Crippen LogP contribution >= 0.6 is 15.9 Å². The number of aldehydes is 1. The van der Waals surface area contributed by atoms with Crippen LogP contribution in [0.3, 0.4) is 0 Å². The van der Waals surface area contributed by atoms with Crippen molar-refractivity contribution in [2.75, 3.05) is 0 Å². The molecule has 0 aliphatic rings. The van der Waals surface area contributed by atoms with Crippen LogP contribution in [0.2, 0.25) is 0 Å². The summed E-state index contributed by atoms with van der Waals surface area (Å²) in [5, 5.41) is 0. The van der Waals surface area contributed by atoms with E-state index in [9.17, 15) is 9.18 Å². The van der Waals surface area contributed by atoms with Gasteiger partial charge in [0.05, 0.1) is 11.7 Å². The average molecular weight is 261 g/mol. The molecule has 0 aliphatic heterocycles. The standard InChI is InChI=1S/C10H10BrFO2/c1-6(2)14-9-4-8(11)3-7(5-13)10(9)12/h3-6H,1-2H3. The van der Waals surface area contributed by atoms with Crippen LogP contribution in [0.1, 0.15) is 24.2 Å². The van der Waals surface area contributed by atoms with Crippen molar-refractivity contribution in [3.63, 3.8) is 0 Å². The highest BCUT2D eigenvalue weighted by Gasteiger charge is 2.11. The number of ether oxygens (including phenoxy) is 1. The van der Waals surface area contributed by atoms with Gasteiger partial charge in [-0.05, 0) is 26.0 Å². The van der Waals surface area contributed by atoms with E-state index in [1.165, 1.54) is 12.1 Å². The first-order valence-electron chi connectivity index (χ1n) is 4.15. The molecular formula is C10H10BrFO2. The van der Waals surface area contributed by atoms with Crippen molar-refractivity contribution in [1.82, 2.24) is 0 Å². The van der Waals surface area contributed by atoms with E-state index in [-0.39, 0.29) is 17.4 Å². The lowest BCUT2D eigenvalue weighted by Crippen LogP contribution is -2.08. The normalized spacial score (nSPS) is 10.4. The Morgan fingerprint density at radius 1 is 1.50 bits per heavy atom. The van der Waals surface area contributed by atoms with Gasteiger partial charge in [0.1, 0.15) is 0 Å². The summed E-state index contributed by atoms with van der Waals surface area (Å²) in [4.78, 5) is 10.5. The molecule has 0 saturated carbocycles. The molecule has 0 radical (unpaired) electrons. The van der Waals surface area contributed by atoms with Gasteiger partial charge in [-0.15, -0.1) is 0 Å². The minimum atomic E-state index is -0.614. The van der Waals surface area contributed by atoms with E-state index >= 15 is 0 Å². The Morgan fingerprint density at radius 2 is 2.14 bits per heavy atom. The molecule has 1 aromatic carbocycles. The first-order chi connectivity index (χ1) is 6.54. The Kier molecular flexibility index (Phi) is 3.63. The van der Waals surface area contributed by atoms with E-state index in [1.54, 1.807) is 13.8 Å². The third kappa shape index (κ3) is 2.54. The number of rotatable bonds is 3. The molecule has 14 heavy (non-hydrogen) atoms. The zero-order chi connectivity index (χ0) is 10.7. The fraction of sp³-hybridized carbons (Fsp3) is 0.300. The van der Waals surface area contributed by atoms with E-state index in [2.05, 4.69) is 15.9 Å². The number of halogens is 2. The molecule has 0 aliphatic carbocycles. The van der Waals surface area contributed by atoms with Crippen molar-refractivity contribution < 1.29 is 13.9 Å². The van der Waals surface area contributed by atoms with Gasteiger partial charge in [0.15, 0.2) is 17.9 Å². The van der Waals surface area contributed by atoms with Gasteiger partial charge < -0.3 is 4.74 Å². The molecule has 0 unspecified atom stereocenters. The number of hydrogen-bond acceptors (Lipinski definition) is 2. The van der Waals surface area contributed by atoms with Crippen molar-refractivity contribution in [3.8, 4) is 5.75 Å². The zero-order valence-corrected chi connectivity index (χ0v) is 9.47. The first kappa shape index (κ1) is 11.2. The van der Waals surface area contributed by atoms with Crippen LogP contribution < -0.4 is 4.74 Å². The highest BCUT2D eigenvalue weighted by atomic mass is 79.9. The Labute approximate surface area is 90.2 Å². The van der Waals surface area contributed by atoms with Crippen LogP contribution in [0.5, 0.6) is 5.75 Å². The smallest absolute Gasteiger partial charge is 0.175 e. The summed E-state index contributed by atoms with van der Waals surface area (Å²) in [7, 11) is 0.